The Bertz CT molecular complexity index is 428. The van der Waals surface area contributed by atoms with Gasteiger partial charge in [0.15, 0.2) is 0 Å². The Kier molecular flexibility index (Phi) is 8.32. The standard InChI is InChI=1S/C12H12F2.C3H4/c1-10-6-2-3-7-11(10)8-4-5-9-12(13)14;1-3-2/h2-3,5-7H,4,8H2,1H3;1-2H2. The topological polar surface area (TPSA) is 0 Å². The van der Waals surface area contributed by atoms with Gasteiger partial charge in [-0.15, -0.1) is 5.73 Å². The summed E-state index contributed by atoms with van der Waals surface area (Å²) < 4.78 is 23.2. The molecule has 0 heterocycles. The molecule has 0 N–H and O–H groups in total. The van der Waals surface area contributed by atoms with Gasteiger partial charge in [-0.3, -0.25) is 0 Å². The fourth-order valence-electron chi connectivity index (χ4n) is 1.27. The summed E-state index contributed by atoms with van der Waals surface area (Å²) in [5.74, 6) is 0. The molecule has 1 rings (SSSR count). The molecular formula is C15H16F2. The summed E-state index contributed by atoms with van der Waals surface area (Å²) >= 11 is 0. The van der Waals surface area contributed by atoms with Crippen molar-refractivity contribution >= 4 is 0 Å². The van der Waals surface area contributed by atoms with E-state index in [1.54, 1.807) is 0 Å². The monoisotopic (exact) mass is 234 g/mol. The molecule has 0 aliphatic heterocycles. The maximum absolute atomic E-state index is 11.6. The molecule has 0 radical (unpaired) electrons. The number of hydrogen-bond acceptors (Lipinski definition) is 0. The van der Waals surface area contributed by atoms with E-state index in [1.165, 1.54) is 17.2 Å². The third kappa shape index (κ3) is 7.98. The summed E-state index contributed by atoms with van der Waals surface area (Å²) in [5, 5.41) is 0. The van der Waals surface area contributed by atoms with Crippen LogP contribution in [0.5, 0.6) is 0 Å². The van der Waals surface area contributed by atoms with Crippen molar-refractivity contribution in [2.45, 2.75) is 19.8 Å². The first-order valence-corrected chi connectivity index (χ1v) is 5.21. The molecule has 0 fully saturated rings. The van der Waals surface area contributed by atoms with Crippen LogP contribution < -0.4 is 0 Å². The van der Waals surface area contributed by atoms with Crippen LogP contribution in [0.15, 0.2) is 61.0 Å². The molecule has 17 heavy (non-hydrogen) atoms. The Balaban J connectivity index is 0.000000770. The third-order valence-corrected chi connectivity index (χ3v) is 2.03. The number of rotatable bonds is 3. The number of benzene rings is 1. The zero-order chi connectivity index (χ0) is 13.1. The first-order valence-electron chi connectivity index (χ1n) is 5.21. The molecule has 0 bridgehead atoms. The molecule has 1 aromatic rings. The van der Waals surface area contributed by atoms with Crippen molar-refractivity contribution < 1.29 is 8.78 Å². The van der Waals surface area contributed by atoms with Crippen LogP contribution in [0.4, 0.5) is 8.78 Å². The molecule has 90 valence electrons. The van der Waals surface area contributed by atoms with Crippen molar-refractivity contribution in [1.82, 2.24) is 0 Å². The van der Waals surface area contributed by atoms with Gasteiger partial charge in [0, 0.05) is 0 Å². The van der Waals surface area contributed by atoms with Crippen LogP contribution >= 0.6 is 0 Å². The van der Waals surface area contributed by atoms with E-state index in [2.05, 4.69) is 18.9 Å². The van der Waals surface area contributed by atoms with Crippen LogP contribution in [-0.2, 0) is 6.42 Å². The molecule has 0 unspecified atom stereocenters. The van der Waals surface area contributed by atoms with Crippen molar-refractivity contribution in [3.05, 3.63) is 72.2 Å². The summed E-state index contributed by atoms with van der Waals surface area (Å²) in [7, 11) is 0. The second kappa shape index (κ2) is 9.35. The molecule has 0 aliphatic rings. The molecular weight excluding hydrogens is 218 g/mol. The Labute approximate surface area is 101 Å². The van der Waals surface area contributed by atoms with Gasteiger partial charge in [0.2, 0.25) is 0 Å². The minimum absolute atomic E-state index is 0.599. The van der Waals surface area contributed by atoms with Crippen molar-refractivity contribution in [3.8, 4) is 0 Å². The minimum Gasteiger partial charge on any atom is -0.164 e. The van der Waals surface area contributed by atoms with E-state index in [1.807, 2.05) is 36.9 Å². The SMILES string of the molecule is C=C=C.Cc1ccccc1CCC=C=C(F)F. The van der Waals surface area contributed by atoms with Gasteiger partial charge in [0.05, 0.1) is 0 Å². The van der Waals surface area contributed by atoms with E-state index >= 15 is 0 Å². The van der Waals surface area contributed by atoms with E-state index in [9.17, 15) is 8.78 Å². The molecule has 0 aromatic heterocycles. The zero-order valence-corrected chi connectivity index (χ0v) is 9.97. The highest BCUT2D eigenvalue weighted by Gasteiger charge is 1.94. The first kappa shape index (κ1) is 15.1. The van der Waals surface area contributed by atoms with E-state index in [0.29, 0.717) is 6.42 Å². The Morgan fingerprint density at radius 3 is 2.41 bits per heavy atom. The van der Waals surface area contributed by atoms with Gasteiger partial charge in [0.25, 0.3) is 0 Å². The van der Waals surface area contributed by atoms with Gasteiger partial charge in [-0.1, -0.05) is 43.2 Å². The van der Waals surface area contributed by atoms with Crippen molar-refractivity contribution in [2.24, 2.45) is 0 Å². The lowest BCUT2D eigenvalue weighted by atomic mass is 10.0. The average molecular weight is 234 g/mol. The van der Waals surface area contributed by atoms with Crippen LogP contribution in [0.2, 0.25) is 0 Å². The summed E-state index contributed by atoms with van der Waals surface area (Å²) in [6.45, 7) is 8.27. The van der Waals surface area contributed by atoms with Gasteiger partial charge in [-0.2, -0.15) is 8.78 Å². The Morgan fingerprint density at radius 1 is 1.29 bits per heavy atom. The molecule has 1 aromatic carbocycles. The zero-order valence-electron chi connectivity index (χ0n) is 9.97. The maximum atomic E-state index is 11.6. The predicted octanol–water partition coefficient (Wildman–Crippen LogP) is 4.82. The van der Waals surface area contributed by atoms with Crippen LogP contribution in [0.25, 0.3) is 0 Å². The molecule has 0 saturated heterocycles. The van der Waals surface area contributed by atoms with E-state index in [4.69, 9.17) is 0 Å². The predicted molar refractivity (Wildman–Crippen MR) is 68.1 cm³/mol. The van der Waals surface area contributed by atoms with E-state index < -0.39 is 6.08 Å². The van der Waals surface area contributed by atoms with Crippen LogP contribution in [0.1, 0.15) is 17.5 Å². The first-order chi connectivity index (χ1) is 8.11. The molecule has 0 aliphatic carbocycles. The largest absolute Gasteiger partial charge is 0.312 e. The average Bonchev–Trinajstić information content (AvgIpc) is 2.27. The summed E-state index contributed by atoms with van der Waals surface area (Å²) in [6, 6.07) is 7.96. The molecule has 0 saturated carbocycles. The number of aryl methyl sites for hydroxylation is 2. The van der Waals surface area contributed by atoms with E-state index in [-0.39, 0.29) is 0 Å². The lowest BCUT2D eigenvalue weighted by molar-refractivity contribution is 0.423. The highest BCUT2D eigenvalue weighted by Crippen LogP contribution is 2.09. The van der Waals surface area contributed by atoms with Crippen LogP contribution in [-0.4, -0.2) is 0 Å². The Hall–Kier alpha value is -1.88. The minimum atomic E-state index is -1.75. The van der Waals surface area contributed by atoms with Crippen LogP contribution in [0.3, 0.4) is 0 Å². The lowest BCUT2D eigenvalue weighted by Crippen LogP contribution is -1.86. The van der Waals surface area contributed by atoms with Gasteiger partial charge >= 0.3 is 6.08 Å². The van der Waals surface area contributed by atoms with Gasteiger partial charge in [-0.05, 0) is 37.0 Å². The van der Waals surface area contributed by atoms with Crippen molar-refractivity contribution in [3.63, 3.8) is 0 Å². The highest BCUT2D eigenvalue weighted by atomic mass is 19.3. The fourth-order valence-corrected chi connectivity index (χ4v) is 1.27. The summed E-state index contributed by atoms with van der Waals surface area (Å²) in [4.78, 5) is 0. The highest BCUT2D eigenvalue weighted by molar-refractivity contribution is 5.25. The summed E-state index contributed by atoms with van der Waals surface area (Å²) in [5.41, 5.74) is 6.54. The Morgan fingerprint density at radius 2 is 1.88 bits per heavy atom. The normalized spacial score (nSPS) is 8.18. The van der Waals surface area contributed by atoms with Crippen molar-refractivity contribution in [2.75, 3.05) is 0 Å². The maximum Gasteiger partial charge on any atom is 0.312 e. The molecule has 0 spiro atoms. The molecule has 2 heteroatoms. The number of allylic oxidation sites excluding steroid dienone is 1. The second-order valence-electron chi connectivity index (χ2n) is 3.32. The molecule has 0 atom stereocenters. The van der Waals surface area contributed by atoms with Gasteiger partial charge in [0.1, 0.15) is 0 Å². The van der Waals surface area contributed by atoms with Crippen LogP contribution in [0, 0.1) is 6.92 Å². The summed E-state index contributed by atoms with van der Waals surface area (Å²) in [6.07, 6.45) is 1.01. The smallest absolute Gasteiger partial charge is 0.164 e. The lowest BCUT2D eigenvalue weighted by Gasteiger charge is -2.01. The van der Waals surface area contributed by atoms with Gasteiger partial charge < -0.3 is 0 Å². The quantitative estimate of drug-likeness (QED) is 0.658. The van der Waals surface area contributed by atoms with Gasteiger partial charge in [-0.25, -0.2) is 0 Å². The van der Waals surface area contributed by atoms with E-state index in [0.717, 1.165) is 6.42 Å². The molecule has 0 nitrogen and oxygen atoms in total. The fraction of sp³-hybridized carbons (Fsp3) is 0.200. The number of halogens is 2. The second-order valence-corrected chi connectivity index (χ2v) is 3.32. The van der Waals surface area contributed by atoms with Crippen molar-refractivity contribution in [1.29, 1.82) is 0 Å². The molecule has 0 amide bonds. The number of hydrogen-bond donors (Lipinski definition) is 0. The third-order valence-electron chi connectivity index (χ3n) is 2.03.